The lowest BCUT2D eigenvalue weighted by atomic mass is 9.89. The summed E-state index contributed by atoms with van der Waals surface area (Å²) in [7, 11) is 0. The third kappa shape index (κ3) is 5.31. The minimum atomic E-state index is -0.173. The summed E-state index contributed by atoms with van der Waals surface area (Å²) in [4.78, 5) is 26.7. The second-order valence-electron chi connectivity index (χ2n) is 7.78. The minimum absolute atomic E-state index is 0.0358. The van der Waals surface area contributed by atoms with Crippen LogP contribution in [0.25, 0.3) is 0 Å². The van der Waals surface area contributed by atoms with Crippen molar-refractivity contribution in [2.75, 3.05) is 13.2 Å². The molecule has 27 heavy (non-hydrogen) atoms. The number of carbonyl (C=O) groups excluding carboxylic acids is 2. The topological polar surface area (TPSA) is 95.7 Å². The number of nitrogens with zero attached hydrogens (tertiary/aromatic N) is 2. The summed E-state index contributed by atoms with van der Waals surface area (Å²) in [6, 6.07) is 2.08. The van der Waals surface area contributed by atoms with Gasteiger partial charge in [0.1, 0.15) is 5.76 Å². The predicted octanol–water partition coefficient (Wildman–Crippen LogP) is 2.60. The molecule has 0 radical (unpaired) electrons. The van der Waals surface area contributed by atoms with E-state index >= 15 is 0 Å². The Labute approximate surface area is 160 Å². The van der Waals surface area contributed by atoms with Crippen molar-refractivity contribution in [1.82, 2.24) is 15.4 Å². The second kappa shape index (κ2) is 9.35. The average molecular weight is 377 g/mol. The number of hydrogen-bond donors (Lipinski definition) is 2. The van der Waals surface area contributed by atoms with Crippen LogP contribution in [0.4, 0.5) is 0 Å². The predicted molar refractivity (Wildman–Crippen MR) is 100 cm³/mol. The molecule has 150 valence electrons. The highest BCUT2D eigenvalue weighted by Crippen LogP contribution is 2.40. The van der Waals surface area contributed by atoms with E-state index < -0.39 is 0 Å². The molecule has 1 heterocycles. The van der Waals surface area contributed by atoms with Gasteiger partial charge < -0.3 is 19.8 Å². The highest BCUT2D eigenvalue weighted by molar-refractivity contribution is 5.92. The number of nitrogens with one attached hydrogen (secondary N) is 1. The molecule has 1 aromatic heterocycles. The second-order valence-corrected chi connectivity index (χ2v) is 7.78. The van der Waals surface area contributed by atoms with E-state index in [1.54, 1.807) is 6.07 Å². The first-order valence-corrected chi connectivity index (χ1v) is 10.3. The molecule has 0 unspecified atom stereocenters. The molecule has 2 saturated carbocycles. The first-order chi connectivity index (χ1) is 13.1. The maximum absolute atomic E-state index is 12.4. The van der Waals surface area contributed by atoms with Crippen LogP contribution in [-0.4, -0.2) is 52.2 Å². The summed E-state index contributed by atoms with van der Waals surface area (Å²) in [6.45, 7) is 2.76. The largest absolute Gasteiger partial charge is 0.396 e. The number of aliphatic hydroxyl groups excluding tert-OH is 1. The van der Waals surface area contributed by atoms with Gasteiger partial charge in [-0.05, 0) is 44.9 Å². The van der Waals surface area contributed by atoms with Gasteiger partial charge in [-0.2, -0.15) is 0 Å². The minimum Gasteiger partial charge on any atom is -0.396 e. The summed E-state index contributed by atoms with van der Waals surface area (Å²) in [5.41, 5.74) is 0.363. The lowest BCUT2D eigenvalue weighted by Gasteiger charge is -2.37. The van der Waals surface area contributed by atoms with Gasteiger partial charge in [0.15, 0.2) is 5.69 Å². The number of rotatable bonds is 9. The first kappa shape index (κ1) is 19.9. The normalized spacial score (nSPS) is 22.4. The van der Waals surface area contributed by atoms with Crippen LogP contribution in [0.3, 0.4) is 0 Å². The molecule has 0 spiro atoms. The van der Waals surface area contributed by atoms with Crippen molar-refractivity contribution in [3.8, 4) is 0 Å². The van der Waals surface area contributed by atoms with E-state index in [9.17, 15) is 9.59 Å². The van der Waals surface area contributed by atoms with E-state index in [1.165, 1.54) is 0 Å². The fraction of sp³-hybridized carbons (Fsp3) is 0.750. The fourth-order valence-electron chi connectivity index (χ4n) is 3.83. The van der Waals surface area contributed by atoms with Crippen molar-refractivity contribution in [3.05, 3.63) is 17.5 Å². The van der Waals surface area contributed by atoms with E-state index in [0.29, 0.717) is 11.6 Å². The number of aromatic nitrogens is 1. The quantitative estimate of drug-likeness (QED) is 0.690. The highest BCUT2D eigenvalue weighted by Gasteiger charge is 2.31. The molecule has 0 aromatic carbocycles. The maximum Gasteiger partial charge on any atom is 0.273 e. The smallest absolute Gasteiger partial charge is 0.273 e. The number of hydrogen-bond acceptors (Lipinski definition) is 5. The molecular formula is C20H31N3O4. The van der Waals surface area contributed by atoms with Crippen molar-refractivity contribution >= 4 is 11.8 Å². The first-order valence-electron chi connectivity index (χ1n) is 10.3. The number of aliphatic hydroxyl groups is 1. The zero-order chi connectivity index (χ0) is 19.2. The molecular weight excluding hydrogens is 346 g/mol. The van der Waals surface area contributed by atoms with Crippen LogP contribution in [0, 0.1) is 0 Å². The summed E-state index contributed by atoms with van der Waals surface area (Å²) < 4.78 is 5.26. The van der Waals surface area contributed by atoms with Gasteiger partial charge in [0.05, 0.1) is 6.61 Å². The Morgan fingerprint density at radius 1 is 1.26 bits per heavy atom. The molecule has 3 rings (SSSR count). The highest BCUT2D eigenvalue weighted by atomic mass is 16.5. The van der Waals surface area contributed by atoms with E-state index in [1.807, 2.05) is 4.90 Å². The van der Waals surface area contributed by atoms with Crippen molar-refractivity contribution in [3.63, 3.8) is 0 Å². The Bertz CT molecular complexity index is 633. The molecule has 7 nitrogen and oxygen atoms in total. The van der Waals surface area contributed by atoms with E-state index in [-0.39, 0.29) is 36.9 Å². The van der Waals surface area contributed by atoms with Gasteiger partial charge >= 0.3 is 0 Å². The summed E-state index contributed by atoms with van der Waals surface area (Å²) in [5.74, 6) is 1.12. The van der Waals surface area contributed by atoms with Gasteiger partial charge in [-0.1, -0.05) is 18.5 Å². The van der Waals surface area contributed by atoms with Crippen molar-refractivity contribution in [1.29, 1.82) is 0 Å². The van der Waals surface area contributed by atoms with Crippen molar-refractivity contribution in [2.24, 2.45) is 0 Å². The Morgan fingerprint density at radius 2 is 2.00 bits per heavy atom. The van der Waals surface area contributed by atoms with Gasteiger partial charge in [0, 0.05) is 37.0 Å². The van der Waals surface area contributed by atoms with Crippen LogP contribution in [0.5, 0.6) is 0 Å². The average Bonchev–Trinajstić information content (AvgIpc) is 3.40. The SMILES string of the molecule is CCCCN(C(=O)CCO)C1CCC(NC(=O)c2cc(C3CC3)on2)CC1. The molecule has 2 fully saturated rings. The Hall–Kier alpha value is -1.89. The van der Waals surface area contributed by atoms with Gasteiger partial charge in [-0.15, -0.1) is 0 Å². The number of amides is 2. The lowest BCUT2D eigenvalue weighted by molar-refractivity contribution is -0.135. The van der Waals surface area contributed by atoms with Gasteiger partial charge in [-0.3, -0.25) is 9.59 Å². The maximum atomic E-state index is 12.4. The molecule has 2 N–H and O–H groups in total. The van der Waals surface area contributed by atoms with E-state index in [2.05, 4.69) is 17.4 Å². The number of carbonyl (C=O) groups is 2. The van der Waals surface area contributed by atoms with E-state index in [0.717, 1.165) is 63.7 Å². The van der Waals surface area contributed by atoms with Crippen LogP contribution in [-0.2, 0) is 4.79 Å². The van der Waals surface area contributed by atoms with E-state index in [4.69, 9.17) is 9.63 Å². The van der Waals surface area contributed by atoms with Crippen LogP contribution in [0.2, 0.25) is 0 Å². The zero-order valence-electron chi connectivity index (χ0n) is 16.2. The zero-order valence-corrected chi connectivity index (χ0v) is 16.2. The van der Waals surface area contributed by atoms with Crippen LogP contribution in [0.15, 0.2) is 10.6 Å². The third-order valence-corrected chi connectivity index (χ3v) is 5.61. The Morgan fingerprint density at radius 3 is 2.63 bits per heavy atom. The Kier molecular flexibility index (Phi) is 6.88. The molecule has 0 aliphatic heterocycles. The molecule has 2 aliphatic carbocycles. The summed E-state index contributed by atoms with van der Waals surface area (Å²) in [6.07, 6.45) is 7.87. The molecule has 1 aromatic rings. The molecule has 2 amide bonds. The van der Waals surface area contributed by atoms with Crippen LogP contribution < -0.4 is 5.32 Å². The van der Waals surface area contributed by atoms with Gasteiger partial charge in [-0.25, -0.2) is 0 Å². The Balaban J connectivity index is 1.49. The number of unbranched alkanes of at least 4 members (excludes halogenated alkanes) is 1. The fourth-order valence-corrected chi connectivity index (χ4v) is 3.83. The standard InChI is InChI=1S/C20H31N3O4/c1-2-3-11-23(19(25)10-12-24)16-8-6-15(7-9-16)21-20(26)17-13-18(27-22-17)14-4-5-14/h13-16,24H,2-12H2,1H3,(H,21,26). The summed E-state index contributed by atoms with van der Waals surface area (Å²) in [5, 5.41) is 16.0. The molecule has 0 atom stereocenters. The van der Waals surface area contributed by atoms with Crippen LogP contribution in [0.1, 0.15) is 86.9 Å². The third-order valence-electron chi connectivity index (χ3n) is 5.61. The molecule has 2 aliphatic rings. The van der Waals surface area contributed by atoms with Gasteiger partial charge in [0.25, 0.3) is 5.91 Å². The monoisotopic (exact) mass is 377 g/mol. The summed E-state index contributed by atoms with van der Waals surface area (Å²) >= 11 is 0. The van der Waals surface area contributed by atoms with Crippen LogP contribution >= 0.6 is 0 Å². The molecule has 7 heteroatoms. The molecule has 0 saturated heterocycles. The van der Waals surface area contributed by atoms with Crippen molar-refractivity contribution in [2.45, 2.75) is 82.7 Å². The van der Waals surface area contributed by atoms with Crippen molar-refractivity contribution < 1.29 is 19.2 Å². The molecule has 0 bridgehead atoms. The lowest BCUT2D eigenvalue weighted by Crippen LogP contribution is -2.46. The van der Waals surface area contributed by atoms with Gasteiger partial charge in [0.2, 0.25) is 5.91 Å².